The van der Waals surface area contributed by atoms with Crippen molar-refractivity contribution in [3.8, 4) is 0 Å². The van der Waals surface area contributed by atoms with E-state index in [0.29, 0.717) is 6.54 Å². The maximum Gasteiger partial charge on any atom is 0.323 e. The van der Waals surface area contributed by atoms with E-state index in [1.54, 1.807) is 0 Å². The smallest absolute Gasteiger partial charge is 0.323 e. The topological polar surface area (TPSA) is 83.5 Å². The van der Waals surface area contributed by atoms with E-state index in [1.165, 1.54) is 28.4 Å². The molecule has 0 spiro atoms. The van der Waals surface area contributed by atoms with E-state index in [9.17, 15) is 9.59 Å². The van der Waals surface area contributed by atoms with Crippen LogP contribution in [0.25, 0.3) is 0 Å². The van der Waals surface area contributed by atoms with Gasteiger partial charge in [-0.05, 0) is 13.0 Å². The Morgan fingerprint density at radius 2 is 1.73 bits per heavy atom. The van der Waals surface area contributed by atoms with Crippen molar-refractivity contribution in [2.75, 3.05) is 41.6 Å². The highest BCUT2D eigenvalue weighted by atomic mass is 28.2. The summed E-state index contributed by atoms with van der Waals surface area (Å²) in [6.45, 7) is 2.89. The maximum absolute atomic E-state index is 11.9. The Morgan fingerprint density at radius 3 is 2.18 bits per heavy atom. The molecule has 0 amide bonds. The maximum atomic E-state index is 11.9. The van der Waals surface area contributed by atoms with Crippen molar-refractivity contribution in [3.05, 3.63) is 0 Å². The Kier molecular flexibility index (Phi) is 12.0. The summed E-state index contributed by atoms with van der Waals surface area (Å²) in [5, 5.41) is 0. The second-order valence-corrected chi connectivity index (χ2v) is 6.01. The summed E-state index contributed by atoms with van der Waals surface area (Å²) < 4.78 is 27.0. The van der Waals surface area contributed by atoms with Gasteiger partial charge >= 0.3 is 11.9 Å². The van der Waals surface area contributed by atoms with Crippen LogP contribution in [0.2, 0.25) is 0 Å². The molecule has 0 bridgehead atoms. The minimum atomic E-state index is -1.23. The molecular weight excluding hydrogens is 310 g/mol. The van der Waals surface area contributed by atoms with Gasteiger partial charge in [-0.25, -0.2) is 0 Å². The number of hydrogen-bond acceptors (Lipinski definition) is 8. The number of carbonyl (C=O) groups excluding carboxylic acids is 2. The van der Waals surface area contributed by atoms with E-state index in [1.807, 2.05) is 11.5 Å². The molecule has 0 aromatic rings. The molecule has 0 radical (unpaired) electrons. The standard InChI is InChI=1S/C13H27NO7Si/c1-6-7-14(22-21-9-12(18-3)19-4)10(13(16)20-5)8-11(15)17-2/h10,12H,6-9,22H2,1-5H3. The summed E-state index contributed by atoms with van der Waals surface area (Å²) in [5.74, 6) is -0.929. The third kappa shape index (κ3) is 7.85. The fourth-order valence-corrected chi connectivity index (χ4v) is 3.27. The Balaban J connectivity index is 4.73. The molecule has 1 unspecified atom stereocenters. The van der Waals surface area contributed by atoms with Gasteiger partial charge in [-0.3, -0.25) is 14.2 Å². The van der Waals surface area contributed by atoms with Crippen molar-refractivity contribution in [3.63, 3.8) is 0 Å². The van der Waals surface area contributed by atoms with Gasteiger partial charge in [-0.1, -0.05) is 6.92 Å². The highest BCUT2D eigenvalue weighted by Crippen LogP contribution is 2.08. The lowest BCUT2D eigenvalue weighted by atomic mass is 10.2. The Bertz CT molecular complexity index is 326. The van der Waals surface area contributed by atoms with Crippen LogP contribution in [-0.4, -0.2) is 80.4 Å². The van der Waals surface area contributed by atoms with E-state index in [-0.39, 0.29) is 13.0 Å². The molecule has 0 aliphatic rings. The van der Waals surface area contributed by atoms with Crippen LogP contribution in [0.3, 0.4) is 0 Å². The molecule has 0 aromatic heterocycles. The zero-order valence-corrected chi connectivity index (χ0v) is 15.4. The summed E-state index contributed by atoms with van der Waals surface area (Å²) in [7, 11) is 4.40. The highest BCUT2D eigenvalue weighted by Gasteiger charge is 2.29. The van der Waals surface area contributed by atoms with Gasteiger partial charge in [0.2, 0.25) is 9.92 Å². The molecule has 0 aliphatic heterocycles. The fraction of sp³-hybridized carbons (Fsp3) is 0.846. The predicted octanol–water partition coefficient (Wildman–Crippen LogP) is -0.563. The predicted molar refractivity (Wildman–Crippen MR) is 81.7 cm³/mol. The van der Waals surface area contributed by atoms with Crippen LogP contribution in [0.4, 0.5) is 0 Å². The summed E-state index contributed by atoms with van der Waals surface area (Å²) in [5.41, 5.74) is 0. The Morgan fingerprint density at radius 1 is 1.09 bits per heavy atom. The molecule has 9 heteroatoms. The van der Waals surface area contributed by atoms with Crippen LogP contribution >= 0.6 is 0 Å². The second-order valence-electron chi connectivity index (χ2n) is 4.53. The fourth-order valence-electron chi connectivity index (χ4n) is 1.83. The van der Waals surface area contributed by atoms with Crippen LogP contribution < -0.4 is 0 Å². The van der Waals surface area contributed by atoms with Gasteiger partial charge in [-0.2, -0.15) is 0 Å². The first-order valence-electron chi connectivity index (χ1n) is 7.05. The molecule has 130 valence electrons. The average Bonchev–Trinajstić information content (AvgIpc) is 2.54. The van der Waals surface area contributed by atoms with Gasteiger partial charge in [0.25, 0.3) is 0 Å². The van der Waals surface area contributed by atoms with E-state index in [0.717, 1.165) is 6.42 Å². The molecule has 22 heavy (non-hydrogen) atoms. The molecule has 0 aliphatic carbocycles. The number of ether oxygens (including phenoxy) is 4. The first kappa shape index (κ1) is 21.0. The summed E-state index contributed by atoms with van der Waals surface area (Å²) >= 11 is 0. The number of carbonyl (C=O) groups is 2. The quantitative estimate of drug-likeness (QED) is 0.266. The lowest BCUT2D eigenvalue weighted by molar-refractivity contribution is -0.152. The van der Waals surface area contributed by atoms with Crippen LogP contribution in [0, 0.1) is 0 Å². The first-order valence-corrected chi connectivity index (χ1v) is 8.26. The molecule has 0 rings (SSSR count). The highest BCUT2D eigenvalue weighted by molar-refractivity contribution is 6.24. The molecule has 0 N–H and O–H groups in total. The summed E-state index contributed by atoms with van der Waals surface area (Å²) in [6.07, 6.45) is 0.314. The van der Waals surface area contributed by atoms with Crippen molar-refractivity contribution < 1.29 is 33.0 Å². The van der Waals surface area contributed by atoms with Gasteiger partial charge in [0.05, 0.1) is 27.2 Å². The number of nitrogens with zero attached hydrogens (tertiary/aromatic N) is 1. The molecule has 8 nitrogen and oxygen atoms in total. The van der Waals surface area contributed by atoms with Gasteiger partial charge in [-0.15, -0.1) is 0 Å². The van der Waals surface area contributed by atoms with Crippen LogP contribution in [0.5, 0.6) is 0 Å². The van der Waals surface area contributed by atoms with E-state index in [4.69, 9.17) is 18.6 Å². The molecule has 0 heterocycles. The minimum Gasteiger partial charge on any atom is -0.469 e. The lowest BCUT2D eigenvalue weighted by Gasteiger charge is -2.28. The van der Waals surface area contributed by atoms with Crippen LogP contribution in [-0.2, 0) is 33.0 Å². The largest absolute Gasteiger partial charge is 0.469 e. The molecule has 0 aromatic carbocycles. The summed E-state index contributed by atoms with van der Waals surface area (Å²) in [6, 6.07) is -0.687. The SMILES string of the molecule is CCCN([SiH2]OCC(OC)OC)C(CC(=O)OC)C(=O)OC. The molecule has 0 saturated carbocycles. The monoisotopic (exact) mass is 337 g/mol. The number of hydrogen-bond donors (Lipinski definition) is 0. The van der Waals surface area contributed by atoms with Crippen molar-refractivity contribution >= 4 is 21.9 Å². The molecular formula is C13H27NO7Si. The normalized spacial score (nSPS) is 13.0. The Labute approximate surface area is 134 Å². The zero-order chi connectivity index (χ0) is 17.0. The summed E-state index contributed by atoms with van der Waals surface area (Å²) in [4.78, 5) is 23.4. The second kappa shape index (κ2) is 12.5. The van der Waals surface area contributed by atoms with E-state index in [2.05, 4.69) is 4.74 Å². The number of esters is 2. The van der Waals surface area contributed by atoms with E-state index < -0.39 is 34.2 Å². The number of methoxy groups -OCH3 is 4. The Hall–Kier alpha value is -1.00. The van der Waals surface area contributed by atoms with Crippen molar-refractivity contribution in [1.29, 1.82) is 0 Å². The minimum absolute atomic E-state index is 0.0580. The van der Waals surface area contributed by atoms with Crippen molar-refractivity contribution in [2.45, 2.75) is 32.1 Å². The van der Waals surface area contributed by atoms with Crippen LogP contribution in [0.1, 0.15) is 19.8 Å². The average molecular weight is 337 g/mol. The number of rotatable bonds is 12. The van der Waals surface area contributed by atoms with E-state index >= 15 is 0 Å². The lowest BCUT2D eigenvalue weighted by Crippen LogP contribution is -2.47. The van der Waals surface area contributed by atoms with Crippen molar-refractivity contribution in [1.82, 2.24) is 4.57 Å². The third-order valence-electron chi connectivity index (χ3n) is 3.05. The molecule has 0 saturated heterocycles. The van der Waals surface area contributed by atoms with Gasteiger partial charge in [0, 0.05) is 14.2 Å². The first-order chi connectivity index (χ1) is 10.5. The van der Waals surface area contributed by atoms with Gasteiger partial charge in [0.1, 0.15) is 6.04 Å². The molecule has 1 atom stereocenters. The third-order valence-corrected chi connectivity index (χ3v) is 4.56. The zero-order valence-electron chi connectivity index (χ0n) is 14.0. The van der Waals surface area contributed by atoms with Gasteiger partial charge in [0.15, 0.2) is 6.29 Å². The van der Waals surface area contributed by atoms with Gasteiger partial charge < -0.3 is 23.4 Å². The molecule has 0 fully saturated rings. The van der Waals surface area contributed by atoms with Crippen molar-refractivity contribution in [2.24, 2.45) is 0 Å². The van der Waals surface area contributed by atoms with Crippen LogP contribution in [0.15, 0.2) is 0 Å².